The summed E-state index contributed by atoms with van der Waals surface area (Å²) in [6.07, 6.45) is 8.34. The molecule has 1 fully saturated rings. The van der Waals surface area contributed by atoms with E-state index in [1.165, 1.54) is 0 Å². The summed E-state index contributed by atoms with van der Waals surface area (Å²) in [7, 11) is 0. The lowest BCUT2D eigenvalue weighted by Gasteiger charge is -2.10. The van der Waals surface area contributed by atoms with E-state index >= 15 is 0 Å². The Hall–Kier alpha value is -2.35. The van der Waals surface area contributed by atoms with Crippen LogP contribution in [0.5, 0.6) is 0 Å². The van der Waals surface area contributed by atoms with Crippen LogP contribution in [0.3, 0.4) is 0 Å². The van der Waals surface area contributed by atoms with Gasteiger partial charge in [-0.1, -0.05) is 19.8 Å². The monoisotopic (exact) mass is 361 g/mol. The molecule has 2 amide bonds. The van der Waals surface area contributed by atoms with Crippen molar-refractivity contribution in [2.24, 2.45) is 5.10 Å². The summed E-state index contributed by atoms with van der Waals surface area (Å²) in [5.74, 6) is -0.382. The Balaban J connectivity index is 1.93. The van der Waals surface area contributed by atoms with Gasteiger partial charge in [0.15, 0.2) is 5.11 Å². The fraction of sp³-hybridized carbons (Fsp3) is 0.471. The smallest absolute Gasteiger partial charge is 0.271 e. The molecule has 8 heteroatoms. The molecule has 0 unspecified atom stereocenters. The number of hydrogen-bond acceptors (Lipinski definition) is 5. The maximum atomic E-state index is 12.1. The summed E-state index contributed by atoms with van der Waals surface area (Å²) in [5.41, 5.74) is 3.98. The number of nitrogens with zero attached hydrogens (tertiary/aromatic N) is 2. The number of rotatable bonds is 9. The van der Waals surface area contributed by atoms with Crippen LogP contribution in [-0.4, -0.2) is 33.7 Å². The van der Waals surface area contributed by atoms with Gasteiger partial charge in [0, 0.05) is 23.7 Å². The Labute approximate surface area is 152 Å². The van der Waals surface area contributed by atoms with Gasteiger partial charge in [-0.05, 0) is 50.0 Å². The maximum Gasteiger partial charge on any atom is 0.271 e. The number of unbranched alkanes of at least 4 members (excludes halogenated alkanes) is 2. The molecule has 2 heterocycles. The molecule has 134 valence electrons. The number of pyridine rings is 1. The lowest BCUT2D eigenvalue weighted by atomic mass is 10.0. The van der Waals surface area contributed by atoms with Gasteiger partial charge in [0.2, 0.25) is 5.91 Å². The van der Waals surface area contributed by atoms with Crippen LogP contribution in [-0.2, 0) is 4.79 Å². The number of nitrogens with one attached hydrogen (secondary N) is 3. The van der Waals surface area contributed by atoms with Crippen LogP contribution >= 0.6 is 12.2 Å². The first-order chi connectivity index (χ1) is 12.1. The second-order valence-electron chi connectivity index (χ2n) is 5.87. The topological polar surface area (TPSA) is 95.5 Å². The van der Waals surface area contributed by atoms with Gasteiger partial charge >= 0.3 is 0 Å². The van der Waals surface area contributed by atoms with Gasteiger partial charge in [-0.25, -0.2) is 5.43 Å². The number of thiocarbonyl (C=S) groups is 1. The Bertz CT molecular complexity index is 648. The molecule has 1 saturated heterocycles. The predicted octanol–water partition coefficient (Wildman–Crippen LogP) is 1.90. The quantitative estimate of drug-likeness (QED) is 0.270. The lowest BCUT2D eigenvalue weighted by molar-refractivity contribution is -0.120. The van der Waals surface area contributed by atoms with Gasteiger partial charge < -0.3 is 10.6 Å². The summed E-state index contributed by atoms with van der Waals surface area (Å²) in [6.45, 7) is 2.13. The van der Waals surface area contributed by atoms with Crippen molar-refractivity contribution >= 4 is 34.9 Å². The van der Waals surface area contributed by atoms with E-state index in [4.69, 9.17) is 12.2 Å². The normalized spacial score (nSPS) is 17.2. The van der Waals surface area contributed by atoms with Crippen molar-refractivity contribution in [1.82, 2.24) is 21.0 Å². The Morgan fingerprint density at radius 2 is 2.08 bits per heavy atom. The van der Waals surface area contributed by atoms with Crippen LogP contribution in [0.15, 0.2) is 29.6 Å². The summed E-state index contributed by atoms with van der Waals surface area (Å²) in [5, 5.41) is 10.2. The first-order valence-corrected chi connectivity index (χ1v) is 8.88. The van der Waals surface area contributed by atoms with Gasteiger partial charge in [0.1, 0.15) is 6.04 Å². The highest BCUT2D eigenvalue weighted by Gasteiger charge is 2.26. The summed E-state index contributed by atoms with van der Waals surface area (Å²) >= 11 is 4.94. The van der Waals surface area contributed by atoms with Gasteiger partial charge in [-0.2, -0.15) is 5.10 Å². The molecule has 7 nitrogen and oxygen atoms in total. The summed E-state index contributed by atoms with van der Waals surface area (Å²) < 4.78 is 0. The highest BCUT2D eigenvalue weighted by Crippen LogP contribution is 2.09. The minimum Gasteiger partial charge on any atom is -0.351 e. The minimum absolute atomic E-state index is 0.112. The third-order valence-electron chi connectivity index (χ3n) is 3.91. The molecule has 1 aliphatic heterocycles. The molecule has 0 radical (unpaired) electrons. The first kappa shape index (κ1) is 19.0. The third-order valence-corrected chi connectivity index (χ3v) is 4.13. The van der Waals surface area contributed by atoms with Crippen LogP contribution < -0.4 is 16.1 Å². The number of hydrazone groups is 1. The van der Waals surface area contributed by atoms with E-state index in [-0.39, 0.29) is 17.9 Å². The Kier molecular flexibility index (Phi) is 7.46. The van der Waals surface area contributed by atoms with Gasteiger partial charge in [-0.3, -0.25) is 14.6 Å². The van der Waals surface area contributed by atoms with Crippen molar-refractivity contribution < 1.29 is 9.59 Å². The minimum atomic E-state index is -0.334. The van der Waals surface area contributed by atoms with Crippen molar-refractivity contribution in [2.45, 2.75) is 51.5 Å². The molecule has 0 bridgehead atoms. The van der Waals surface area contributed by atoms with Crippen molar-refractivity contribution in [3.8, 4) is 0 Å². The van der Waals surface area contributed by atoms with Crippen LogP contribution in [0.25, 0.3) is 0 Å². The largest absolute Gasteiger partial charge is 0.351 e. The lowest BCUT2D eigenvalue weighted by Crippen LogP contribution is -2.29. The number of carbonyl (C=O) groups is 2. The molecule has 0 aliphatic carbocycles. The van der Waals surface area contributed by atoms with E-state index < -0.39 is 0 Å². The predicted molar refractivity (Wildman–Crippen MR) is 100 cm³/mol. The summed E-state index contributed by atoms with van der Waals surface area (Å²) in [4.78, 5) is 27.7. The molecular formula is C17H23N5O2S. The van der Waals surface area contributed by atoms with Gasteiger partial charge in [0.05, 0.1) is 0 Å². The fourth-order valence-electron chi connectivity index (χ4n) is 2.49. The van der Waals surface area contributed by atoms with E-state index in [2.05, 4.69) is 33.1 Å². The molecular weight excluding hydrogens is 338 g/mol. The molecule has 25 heavy (non-hydrogen) atoms. The van der Waals surface area contributed by atoms with Crippen molar-refractivity contribution in [2.75, 3.05) is 0 Å². The molecule has 0 saturated carbocycles. The molecule has 1 aliphatic rings. The van der Waals surface area contributed by atoms with Crippen molar-refractivity contribution in [3.05, 3.63) is 30.1 Å². The van der Waals surface area contributed by atoms with E-state index in [1.54, 1.807) is 24.5 Å². The van der Waals surface area contributed by atoms with Crippen molar-refractivity contribution in [3.63, 3.8) is 0 Å². The van der Waals surface area contributed by atoms with Crippen LogP contribution in [0.4, 0.5) is 0 Å². The third kappa shape index (κ3) is 6.22. The van der Waals surface area contributed by atoms with Gasteiger partial charge in [0.25, 0.3) is 5.91 Å². The van der Waals surface area contributed by atoms with Crippen LogP contribution in [0.1, 0.15) is 55.8 Å². The zero-order valence-corrected chi connectivity index (χ0v) is 15.1. The molecule has 0 aromatic carbocycles. The average Bonchev–Trinajstić information content (AvgIpc) is 2.94. The van der Waals surface area contributed by atoms with Crippen molar-refractivity contribution in [1.29, 1.82) is 0 Å². The SMILES string of the molecule is CCCCC/C(CC[C@@H]1NC(=S)NC1=O)=N\NC(=O)c1ccncc1. The Morgan fingerprint density at radius 1 is 1.32 bits per heavy atom. The van der Waals surface area contributed by atoms with Crippen LogP contribution in [0.2, 0.25) is 0 Å². The molecule has 3 N–H and O–H groups in total. The molecule has 1 atom stereocenters. The zero-order valence-electron chi connectivity index (χ0n) is 14.2. The molecule has 0 spiro atoms. The number of carbonyl (C=O) groups excluding carboxylic acids is 2. The van der Waals surface area contributed by atoms with Gasteiger partial charge in [-0.15, -0.1) is 0 Å². The first-order valence-electron chi connectivity index (χ1n) is 8.47. The molecule has 1 aromatic heterocycles. The van der Waals surface area contributed by atoms with E-state index in [0.29, 0.717) is 23.5 Å². The van der Waals surface area contributed by atoms with E-state index in [0.717, 1.165) is 31.4 Å². The average molecular weight is 361 g/mol. The molecule has 1 aromatic rings. The van der Waals surface area contributed by atoms with Crippen LogP contribution in [0, 0.1) is 0 Å². The number of aromatic nitrogens is 1. The number of amides is 2. The summed E-state index contributed by atoms with van der Waals surface area (Å²) in [6, 6.07) is 2.93. The van der Waals surface area contributed by atoms with E-state index in [1.807, 2.05) is 0 Å². The maximum absolute atomic E-state index is 12.1. The van der Waals surface area contributed by atoms with E-state index in [9.17, 15) is 9.59 Å². The zero-order chi connectivity index (χ0) is 18.1. The molecule has 2 rings (SSSR count). The highest BCUT2D eigenvalue weighted by atomic mass is 32.1. The number of hydrogen-bond donors (Lipinski definition) is 3. The second kappa shape index (κ2) is 9.83. The standard InChI is InChI=1S/C17H23N5O2S/c1-2-3-4-5-13(6-7-14-16(24)20-17(25)19-14)21-22-15(23)12-8-10-18-11-9-12/h8-11,14H,2-7H2,1H3,(H,22,23)(H2,19,20,24,25)/b21-13+/t14-/m0/s1. The fourth-order valence-corrected chi connectivity index (χ4v) is 2.73. The Morgan fingerprint density at radius 3 is 2.72 bits per heavy atom. The second-order valence-corrected chi connectivity index (χ2v) is 6.27. The highest BCUT2D eigenvalue weighted by molar-refractivity contribution is 7.80.